The van der Waals surface area contributed by atoms with Crippen LogP contribution in [0.5, 0.6) is 5.75 Å². The number of Topliss-reactive ketones (excluding diaryl/α,β-unsaturated/α-hetero) is 1. The first-order valence-electron chi connectivity index (χ1n) is 11.5. The van der Waals surface area contributed by atoms with Gasteiger partial charge in [-0.2, -0.15) is 0 Å². The Balaban J connectivity index is 0.00000289. The number of benzene rings is 2. The Morgan fingerprint density at radius 3 is 2.72 bits per heavy atom. The van der Waals surface area contributed by atoms with Crippen LogP contribution in [0.25, 0.3) is 0 Å². The highest BCUT2D eigenvalue weighted by atomic mass is 35.5. The third-order valence-electron chi connectivity index (χ3n) is 6.18. The van der Waals surface area contributed by atoms with Crippen LogP contribution >= 0.6 is 12.4 Å². The van der Waals surface area contributed by atoms with Gasteiger partial charge in [-0.25, -0.2) is 0 Å². The van der Waals surface area contributed by atoms with Crippen LogP contribution in [0.2, 0.25) is 0 Å². The first-order valence-corrected chi connectivity index (χ1v) is 11.5. The van der Waals surface area contributed by atoms with Crippen molar-refractivity contribution in [1.82, 2.24) is 4.90 Å². The van der Waals surface area contributed by atoms with Crippen molar-refractivity contribution in [3.8, 4) is 5.75 Å². The molecule has 1 unspecified atom stereocenters. The molecule has 1 fully saturated rings. The van der Waals surface area contributed by atoms with Gasteiger partial charge in [0.25, 0.3) is 5.91 Å². The lowest BCUT2D eigenvalue weighted by molar-refractivity contribution is 0.0976. The number of rotatable bonds is 7. The third-order valence-corrected chi connectivity index (χ3v) is 6.18. The van der Waals surface area contributed by atoms with Gasteiger partial charge in [0.05, 0.1) is 11.7 Å². The summed E-state index contributed by atoms with van der Waals surface area (Å²) in [6.45, 7) is 8.12. The number of anilines is 1. The molecule has 1 N–H and O–H groups in total. The number of nitrogens with one attached hydrogen (secondary N) is 1. The summed E-state index contributed by atoms with van der Waals surface area (Å²) in [5.74, 6) is 0.337. The normalized spacial score (nSPS) is 17.3. The van der Waals surface area contributed by atoms with Crippen LogP contribution in [0.15, 0.2) is 36.4 Å². The van der Waals surface area contributed by atoms with Gasteiger partial charge in [-0.05, 0) is 87.5 Å². The zero-order chi connectivity index (χ0) is 22.0. The van der Waals surface area contributed by atoms with E-state index in [0.29, 0.717) is 29.3 Å². The minimum Gasteiger partial charge on any atom is -0.490 e. The number of hydrogen-bond acceptors (Lipinski definition) is 4. The molecule has 2 heterocycles. The van der Waals surface area contributed by atoms with E-state index in [1.807, 2.05) is 26.8 Å². The highest BCUT2D eigenvalue weighted by molar-refractivity contribution is 6.07. The fourth-order valence-corrected chi connectivity index (χ4v) is 4.73. The van der Waals surface area contributed by atoms with Crippen molar-refractivity contribution in [2.75, 3.05) is 18.4 Å². The summed E-state index contributed by atoms with van der Waals surface area (Å²) in [6, 6.07) is 11.9. The maximum Gasteiger partial charge on any atom is 0.255 e. The van der Waals surface area contributed by atoms with Crippen LogP contribution in [0, 0.1) is 0 Å². The molecule has 6 heteroatoms. The molecule has 0 aromatic heterocycles. The molecule has 1 saturated heterocycles. The Labute approximate surface area is 196 Å². The summed E-state index contributed by atoms with van der Waals surface area (Å²) in [5, 5.41) is 3.04. The molecule has 1 atom stereocenters. The number of carbonyl (C=O) groups excluding carboxylic acids is 2. The molecule has 2 aromatic rings. The molecule has 0 saturated carbocycles. The lowest BCUT2D eigenvalue weighted by Crippen LogP contribution is -2.31. The molecule has 172 valence electrons. The van der Waals surface area contributed by atoms with Gasteiger partial charge in [0.1, 0.15) is 5.75 Å². The average molecular weight is 457 g/mol. The van der Waals surface area contributed by atoms with E-state index >= 15 is 0 Å². The molecule has 0 spiro atoms. The van der Waals surface area contributed by atoms with Crippen molar-refractivity contribution in [3.05, 3.63) is 58.7 Å². The lowest BCUT2D eigenvalue weighted by atomic mass is 9.92. The number of nitrogens with zero attached hydrogens (tertiary/aromatic N) is 1. The quantitative estimate of drug-likeness (QED) is 0.533. The molecular weight excluding hydrogens is 424 g/mol. The molecule has 2 aliphatic heterocycles. The number of carbonyl (C=O) groups is 2. The number of ketones is 1. The van der Waals surface area contributed by atoms with Gasteiger partial charge in [0.2, 0.25) is 0 Å². The predicted octanol–water partition coefficient (Wildman–Crippen LogP) is 5.82. The van der Waals surface area contributed by atoms with Crippen molar-refractivity contribution in [2.45, 2.75) is 65.0 Å². The third kappa shape index (κ3) is 5.16. The van der Waals surface area contributed by atoms with E-state index in [0.717, 1.165) is 25.1 Å². The summed E-state index contributed by atoms with van der Waals surface area (Å²) >= 11 is 0. The summed E-state index contributed by atoms with van der Waals surface area (Å²) in [7, 11) is 0. The Morgan fingerprint density at radius 2 is 1.97 bits per heavy atom. The van der Waals surface area contributed by atoms with Gasteiger partial charge in [-0.15, -0.1) is 12.4 Å². The van der Waals surface area contributed by atoms with E-state index in [9.17, 15) is 9.59 Å². The topological polar surface area (TPSA) is 58.6 Å². The summed E-state index contributed by atoms with van der Waals surface area (Å²) in [6.07, 6.45) is 4.63. The van der Waals surface area contributed by atoms with Gasteiger partial charge >= 0.3 is 0 Å². The fourth-order valence-electron chi connectivity index (χ4n) is 4.73. The fraction of sp³-hybridized carbons (Fsp3) is 0.462. The smallest absolute Gasteiger partial charge is 0.255 e. The standard InChI is InChI=1S/C26H32N2O3.ClH/c1-4-6-24(29)22-15-19(9-11-25(22)31-17(2)3)26(30)27-20-10-8-18-12-14-28-13-5-7-23(28)21(18)16-20;/h8-11,15-17,23H,4-7,12-14H2,1-3H3,(H,27,30);1H. The summed E-state index contributed by atoms with van der Waals surface area (Å²) < 4.78 is 5.81. The second-order valence-corrected chi connectivity index (χ2v) is 8.86. The van der Waals surface area contributed by atoms with E-state index in [4.69, 9.17) is 4.74 Å². The van der Waals surface area contributed by atoms with Gasteiger partial charge in [-0.1, -0.05) is 13.0 Å². The van der Waals surface area contributed by atoms with Crippen LogP contribution in [-0.4, -0.2) is 35.8 Å². The van der Waals surface area contributed by atoms with E-state index in [1.165, 1.54) is 30.5 Å². The Hall–Kier alpha value is -2.37. The van der Waals surface area contributed by atoms with E-state index in [2.05, 4.69) is 22.3 Å². The molecule has 1 amide bonds. The molecule has 4 rings (SSSR count). The van der Waals surface area contributed by atoms with Crippen LogP contribution in [0.1, 0.15) is 84.3 Å². The number of hydrogen-bond donors (Lipinski definition) is 1. The molecule has 0 radical (unpaired) electrons. The van der Waals surface area contributed by atoms with Gasteiger partial charge < -0.3 is 10.1 Å². The monoisotopic (exact) mass is 456 g/mol. The Kier molecular flexibility index (Phi) is 7.96. The first-order chi connectivity index (χ1) is 15.0. The van der Waals surface area contributed by atoms with Gasteiger partial charge in [0.15, 0.2) is 5.78 Å². The maximum absolute atomic E-state index is 13.0. The van der Waals surface area contributed by atoms with Gasteiger partial charge in [0, 0.05) is 30.3 Å². The average Bonchev–Trinajstić information content (AvgIpc) is 3.23. The molecule has 0 bridgehead atoms. The van der Waals surface area contributed by atoms with Crippen molar-refractivity contribution < 1.29 is 14.3 Å². The second-order valence-electron chi connectivity index (χ2n) is 8.86. The van der Waals surface area contributed by atoms with Crippen LogP contribution < -0.4 is 10.1 Å². The zero-order valence-corrected chi connectivity index (χ0v) is 20.0. The number of halogens is 1. The van der Waals surface area contributed by atoms with E-state index in [-0.39, 0.29) is 30.2 Å². The van der Waals surface area contributed by atoms with Gasteiger partial charge in [-0.3, -0.25) is 14.5 Å². The highest BCUT2D eigenvalue weighted by Gasteiger charge is 2.31. The Morgan fingerprint density at radius 1 is 1.16 bits per heavy atom. The summed E-state index contributed by atoms with van der Waals surface area (Å²) in [4.78, 5) is 28.2. The summed E-state index contributed by atoms with van der Waals surface area (Å²) in [5.41, 5.74) is 4.50. The molecule has 5 nitrogen and oxygen atoms in total. The number of ether oxygens (including phenoxy) is 1. The van der Waals surface area contributed by atoms with Crippen molar-refractivity contribution in [3.63, 3.8) is 0 Å². The lowest BCUT2D eigenvalue weighted by Gasteiger charge is -2.32. The highest BCUT2D eigenvalue weighted by Crippen LogP contribution is 2.38. The molecule has 0 aliphatic carbocycles. The van der Waals surface area contributed by atoms with Crippen molar-refractivity contribution >= 4 is 29.8 Å². The zero-order valence-electron chi connectivity index (χ0n) is 19.1. The minimum absolute atomic E-state index is 0. The molecule has 2 aromatic carbocycles. The van der Waals surface area contributed by atoms with Crippen LogP contribution in [-0.2, 0) is 6.42 Å². The number of amides is 1. The number of fused-ring (bicyclic) bond motifs is 3. The first kappa shape index (κ1) is 24.3. The molecule has 32 heavy (non-hydrogen) atoms. The molecule has 2 aliphatic rings. The largest absolute Gasteiger partial charge is 0.490 e. The van der Waals surface area contributed by atoms with Crippen LogP contribution in [0.4, 0.5) is 5.69 Å². The predicted molar refractivity (Wildman–Crippen MR) is 130 cm³/mol. The van der Waals surface area contributed by atoms with Crippen molar-refractivity contribution in [2.24, 2.45) is 0 Å². The second kappa shape index (κ2) is 10.5. The van der Waals surface area contributed by atoms with Crippen molar-refractivity contribution in [1.29, 1.82) is 0 Å². The van der Waals surface area contributed by atoms with Crippen LogP contribution in [0.3, 0.4) is 0 Å². The van der Waals surface area contributed by atoms with E-state index in [1.54, 1.807) is 18.2 Å². The SMILES string of the molecule is CCCC(=O)c1cc(C(=O)Nc2ccc3c(c2)C2CCCN2CC3)ccc1OC(C)C.Cl. The Bertz CT molecular complexity index is 989. The maximum atomic E-state index is 13.0. The molecular formula is C26H33ClN2O3. The van der Waals surface area contributed by atoms with E-state index < -0.39 is 0 Å². The minimum atomic E-state index is -0.208.